The van der Waals surface area contributed by atoms with Crippen LogP contribution in [0.15, 0.2) is 17.0 Å². The van der Waals surface area contributed by atoms with Gasteiger partial charge in [-0.05, 0) is 50.1 Å². The van der Waals surface area contributed by atoms with Crippen LogP contribution >= 0.6 is 0 Å². The average Bonchev–Trinajstić information content (AvgIpc) is 2.54. The molecule has 0 aliphatic carbocycles. The summed E-state index contributed by atoms with van der Waals surface area (Å²) in [4.78, 5) is 1.05. The van der Waals surface area contributed by atoms with Crippen LogP contribution in [0.25, 0.3) is 0 Å². The van der Waals surface area contributed by atoms with Gasteiger partial charge < -0.3 is 5.32 Å². The summed E-state index contributed by atoms with van der Waals surface area (Å²) in [7, 11) is 1.12. The Morgan fingerprint density at radius 1 is 1.29 bits per heavy atom. The van der Waals surface area contributed by atoms with Crippen LogP contribution in [0.3, 0.4) is 0 Å². The van der Waals surface area contributed by atoms with E-state index in [1.165, 1.54) is 16.7 Å². The monoisotopic (exact) mass is 251 g/mol. The van der Waals surface area contributed by atoms with Gasteiger partial charge in [-0.1, -0.05) is 19.4 Å². The molecule has 0 spiro atoms. The van der Waals surface area contributed by atoms with Crippen molar-refractivity contribution < 1.29 is 4.21 Å². The molecule has 0 saturated heterocycles. The molecule has 3 heteroatoms. The lowest BCUT2D eigenvalue weighted by Crippen LogP contribution is -2.26. The molecule has 0 fully saturated rings. The second-order valence-corrected chi connectivity index (χ2v) is 6.51. The van der Waals surface area contributed by atoms with Crippen LogP contribution in [0.5, 0.6) is 0 Å². The van der Waals surface area contributed by atoms with E-state index in [0.717, 1.165) is 17.7 Å². The zero-order valence-electron chi connectivity index (χ0n) is 11.0. The Hall–Kier alpha value is -0.670. The second-order valence-electron chi connectivity index (χ2n) is 4.87. The lowest BCUT2D eigenvalue weighted by molar-refractivity contribution is 0.534. The molecule has 1 N–H and O–H groups in total. The van der Waals surface area contributed by atoms with Gasteiger partial charge in [0, 0.05) is 10.9 Å². The van der Waals surface area contributed by atoms with Crippen LogP contribution < -0.4 is 5.32 Å². The third kappa shape index (κ3) is 2.06. The summed E-state index contributed by atoms with van der Waals surface area (Å²) in [6.07, 6.45) is 2.10. The van der Waals surface area contributed by atoms with Gasteiger partial charge in [-0.15, -0.1) is 0 Å². The van der Waals surface area contributed by atoms with Crippen LogP contribution in [0.4, 0.5) is 0 Å². The molecule has 1 aromatic rings. The predicted molar refractivity (Wildman–Crippen MR) is 72.8 cm³/mol. The van der Waals surface area contributed by atoms with Crippen LogP contribution in [0, 0.1) is 13.8 Å². The van der Waals surface area contributed by atoms with Crippen molar-refractivity contribution in [3.8, 4) is 0 Å². The van der Waals surface area contributed by atoms with E-state index >= 15 is 0 Å². The first kappa shape index (κ1) is 12.8. The van der Waals surface area contributed by atoms with Gasteiger partial charge in [-0.25, -0.2) is 0 Å². The van der Waals surface area contributed by atoms with E-state index < -0.39 is 10.8 Å². The van der Waals surface area contributed by atoms with Crippen LogP contribution in [0.1, 0.15) is 42.5 Å². The highest BCUT2D eigenvalue weighted by Crippen LogP contribution is 2.39. The van der Waals surface area contributed by atoms with Gasteiger partial charge in [0.1, 0.15) is 0 Å². The quantitative estimate of drug-likeness (QED) is 0.895. The summed E-state index contributed by atoms with van der Waals surface area (Å²) >= 11 is 0. The molecule has 17 heavy (non-hydrogen) atoms. The first-order valence-corrected chi connectivity index (χ1v) is 7.50. The smallest absolute Gasteiger partial charge is 0.0589 e. The lowest BCUT2D eigenvalue weighted by atomic mass is 9.97. The standard InChI is InChI=1S/C14H21NOS/c1-5-6-12-14(15-4)11-7-9(2)10(3)8-13(11)17(12)16/h7-8,12,14-15H,5-6H2,1-4H3. The topological polar surface area (TPSA) is 29.1 Å². The fraction of sp³-hybridized carbons (Fsp3) is 0.571. The molecule has 2 nitrogen and oxygen atoms in total. The molecule has 1 heterocycles. The van der Waals surface area contributed by atoms with Crippen molar-refractivity contribution in [1.29, 1.82) is 0 Å². The summed E-state index contributed by atoms with van der Waals surface area (Å²) in [5.41, 5.74) is 3.77. The minimum Gasteiger partial charge on any atom is -0.312 e. The number of aryl methyl sites for hydroxylation is 2. The van der Waals surface area contributed by atoms with E-state index in [1.54, 1.807) is 0 Å². The Balaban J connectivity index is 2.49. The summed E-state index contributed by atoms with van der Waals surface area (Å²) < 4.78 is 12.5. The van der Waals surface area contributed by atoms with Gasteiger partial charge in [-0.2, -0.15) is 0 Å². The Kier molecular flexibility index (Phi) is 3.69. The van der Waals surface area contributed by atoms with Gasteiger partial charge in [0.05, 0.1) is 16.0 Å². The summed E-state index contributed by atoms with van der Waals surface area (Å²) in [5, 5.41) is 3.58. The maximum atomic E-state index is 12.5. The van der Waals surface area contributed by atoms with E-state index in [9.17, 15) is 4.21 Å². The molecule has 3 atom stereocenters. The lowest BCUT2D eigenvalue weighted by Gasteiger charge is -2.17. The number of hydrogen-bond donors (Lipinski definition) is 1. The fourth-order valence-electron chi connectivity index (χ4n) is 2.62. The predicted octanol–water partition coefficient (Wildman–Crippen LogP) is 2.85. The average molecular weight is 251 g/mol. The number of fused-ring (bicyclic) bond motifs is 1. The molecule has 3 unspecified atom stereocenters. The zero-order chi connectivity index (χ0) is 12.6. The Labute approximate surface area is 106 Å². The first-order valence-electron chi connectivity index (χ1n) is 6.29. The second kappa shape index (κ2) is 4.91. The fourth-order valence-corrected chi connectivity index (χ4v) is 4.63. The number of nitrogens with one attached hydrogen (secondary N) is 1. The van der Waals surface area contributed by atoms with Gasteiger partial charge in [-0.3, -0.25) is 4.21 Å². The van der Waals surface area contributed by atoms with Crippen molar-refractivity contribution in [2.75, 3.05) is 7.05 Å². The molecule has 2 rings (SSSR count). The molecule has 1 aromatic carbocycles. The maximum absolute atomic E-state index is 12.5. The molecule has 1 aliphatic heterocycles. The molecule has 0 bridgehead atoms. The molecule has 0 aromatic heterocycles. The Bertz CT molecular complexity index is 456. The van der Waals surface area contributed by atoms with E-state index in [4.69, 9.17) is 0 Å². The van der Waals surface area contributed by atoms with Crippen LogP contribution in [-0.2, 0) is 10.8 Å². The van der Waals surface area contributed by atoms with E-state index in [-0.39, 0.29) is 11.3 Å². The molecular formula is C14H21NOS. The highest BCUT2D eigenvalue weighted by Gasteiger charge is 2.37. The molecule has 94 valence electrons. The number of rotatable bonds is 3. The van der Waals surface area contributed by atoms with Crippen LogP contribution in [0.2, 0.25) is 0 Å². The summed E-state index contributed by atoms with van der Waals surface area (Å²) in [6, 6.07) is 4.57. The molecule has 0 saturated carbocycles. The largest absolute Gasteiger partial charge is 0.312 e. The van der Waals surface area contributed by atoms with Crippen molar-refractivity contribution in [2.24, 2.45) is 0 Å². The van der Waals surface area contributed by atoms with Gasteiger partial charge in [0.25, 0.3) is 0 Å². The van der Waals surface area contributed by atoms with Gasteiger partial charge in [0.15, 0.2) is 0 Å². The zero-order valence-corrected chi connectivity index (χ0v) is 11.9. The molecule has 0 radical (unpaired) electrons. The molecular weight excluding hydrogens is 230 g/mol. The maximum Gasteiger partial charge on any atom is 0.0589 e. The molecule has 1 aliphatic rings. The SMILES string of the molecule is CCCC1C(NC)c2cc(C)c(C)cc2S1=O. The van der Waals surface area contributed by atoms with Gasteiger partial charge >= 0.3 is 0 Å². The molecule has 0 amide bonds. The van der Waals surface area contributed by atoms with E-state index in [0.29, 0.717) is 0 Å². The van der Waals surface area contributed by atoms with E-state index in [1.807, 2.05) is 7.05 Å². The summed E-state index contributed by atoms with van der Waals surface area (Å²) in [5.74, 6) is 0. The third-order valence-corrected chi connectivity index (χ3v) is 5.55. The normalized spacial score (nSPS) is 27.2. The van der Waals surface area contributed by atoms with E-state index in [2.05, 4.69) is 38.2 Å². The van der Waals surface area contributed by atoms with Crippen molar-refractivity contribution >= 4 is 10.8 Å². The van der Waals surface area contributed by atoms with Crippen molar-refractivity contribution in [3.05, 3.63) is 28.8 Å². The Morgan fingerprint density at radius 2 is 1.94 bits per heavy atom. The number of benzene rings is 1. The first-order chi connectivity index (χ1) is 8.10. The van der Waals surface area contributed by atoms with Gasteiger partial charge in [0.2, 0.25) is 0 Å². The summed E-state index contributed by atoms with van der Waals surface area (Å²) in [6.45, 7) is 6.37. The Morgan fingerprint density at radius 3 is 2.53 bits per heavy atom. The van der Waals surface area contributed by atoms with Crippen molar-refractivity contribution in [2.45, 2.75) is 49.8 Å². The number of hydrogen-bond acceptors (Lipinski definition) is 2. The van der Waals surface area contributed by atoms with Crippen molar-refractivity contribution in [1.82, 2.24) is 5.32 Å². The minimum absolute atomic E-state index is 0.237. The highest BCUT2D eigenvalue weighted by molar-refractivity contribution is 7.86. The van der Waals surface area contributed by atoms with Crippen LogP contribution in [-0.4, -0.2) is 16.5 Å². The minimum atomic E-state index is -0.846. The highest BCUT2D eigenvalue weighted by atomic mass is 32.2. The third-order valence-electron chi connectivity index (χ3n) is 3.71. The van der Waals surface area contributed by atoms with Crippen molar-refractivity contribution in [3.63, 3.8) is 0 Å².